The van der Waals surface area contributed by atoms with Gasteiger partial charge in [-0.3, -0.25) is 4.79 Å². The number of benzene rings is 1. The third-order valence-corrected chi connectivity index (χ3v) is 4.09. The summed E-state index contributed by atoms with van der Waals surface area (Å²) in [7, 11) is 0. The van der Waals surface area contributed by atoms with Crippen LogP contribution in [0.3, 0.4) is 0 Å². The number of piperidine rings is 1. The molecule has 1 heterocycles. The van der Waals surface area contributed by atoms with Gasteiger partial charge in [0.25, 0.3) is 0 Å². The number of hydrogen-bond donors (Lipinski definition) is 2. The van der Waals surface area contributed by atoms with E-state index < -0.39 is 0 Å². The summed E-state index contributed by atoms with van der Waals surface area (Å²) in [5, 5.41) is 2.97. The Morgan fingerprint density at radius 1 is 1.45 bits per heavy atom. The van der Waals surface area contributed by atoms with Crippen molar-refractivity contribution in [3.8, 4) is 0 Å². The van der Waals surface area contributed by atoms with Gasteiger partial charge in [-0.1, -0.05) is 6.42 Å². The third-order valence-electron chi connectivity index (χ3n) is 4.09. The molecule has 3 N–H and O–H groups in total. The second kappa shape index (κ2) is 6.75. The molecule has 1 amide bonds. The van der Waals surface area contributed by atoms with Gasteiger partial charge in [-0.2, -0.15) is 0 Å². The van der Waals surface area contributed by atoms with Crippen LogP contribution in [0.4, 0.5) is 11.4 Å². The van der Waals surface area contributed by atoms with Gasteiger partial charge in [0.15, 0.2) is 0 Å². The molecule has 0 aromatic heterocycles. The molecule has 0 radical (unpaired) electrons. The maximum atomic E-state index is 12.0. The molecule has 1 saturated heterocycles. The average Bonchev–Trinajstić information content (AvgIpc) is 2.41. The highest BCUT2D eigenvalue weighted by molar-refractivity contribution is 5.91. The molecule has 1 aromatic rings. The zero-order chi connectivity index (χ0) is 14.5. The number of aryl methyl sites for hydroxylation is 1. The minimum atomic E-state index is 0.0793. The number of nitrogens with zero attached hydrogens (tertiary/aromatic N) is 1. The highest BCUT2D eigenvalue weighted by atomic mass is 16.1. The van der Waals surface area contributed by atoms with Crippen LogP contribution in [0.25, 0.3) is 0 Å². The molecule has 1 aliphatic heterocycles. The van der Waals surface area contributed by atoms with Gasteiger partial charge in [-0.05, 0) is 57.0 Å². The Morgan fingerprint density at radius 3 is 2.95 bits per heavy atom. The third kappa shape index (κ3) is 3.97. The second-order valence-corrected chi connectivity index (χ2v) is 5.75. The van der Waals surface area contributed by atoms with Crippen LogP contribution in [0.5, 0.6) is 0 Å². The van der Waals surface area contributed by atoms with Crippen molar-refractivity contribution in [3.05, 3.63) is 23.8 Å². The van der Waals surface area contributed by atoms with Crippen molar-refractivity contribution in [2.24, 2.45) is 0 Å². The fourth-order valence-corrected chi connectivity index (χ4v) is 2.77. The van der Waals surface area contributed by atoms with E-state index in [1.54, 1.807) is 0 Å². The van der Waals surface area contributed by atoms with Crippen molar-refractivity contribution in [3.63, 3.8) is 0 Å². The van der Waals surface area contributed by atoms with E-state index in [0.717, 1.165) is 30.0 Å². The predicted molar refractivity (Wildman–Crippen MR) is 83.7 cm³/mol. The van der Waals surface area contributed by atoms with Crippen LogP contribution in [-0.4, -0.2) is 29.9 Å². The summed E-state index contributed by atoms with van der Waals surface area (Å²) >= 11 is 0. The molecule has 1 atom stereocenters. The molecular formula is C16H25N3O. The zero-order valence-corrected chi connectivity index (χ0v) is 12.5. The number of likely N-dealkylation sites (tertiary alicyclic amines) is 1. The first-order chi connectivity index (χ1) is 9.56. The van der Waals surface area contributed by atoms with E-state index in [1.807, 2.05) is 25.1 Å². The molecule has 4 heteroatoms. The summed E-state index contributed by atoms with van der Waals surface area (Å²) in [4.78, 5) is 14.4. The van der Waals surface area contributed by atoms with E-state index >= 15 is 0 Å². The standard InChI is InChI=1S/C16H25N3O/c1-12-11-14(17)6-7-15(12)18-16(20)8-10-19-9-4-3-5-13(19)2/h6-7,11,13H,3-5,8-10,17H2,1-2H3,(H,18,20). The average molecular weight is 275 g/mol. The van der Waals surface area contributed by atoms with E-state index in [4.69, 9.17) is 5.73 Å². The van der Waals surface area contributed by atoms with E-state index in [-0.39, 0.29) is 5.91 Å². The van der Waals surface area contributed by atoms with E-state index in [9.17, 15) is 4.79 Å². The van der Waals surface area contributed by atoms with Crippen LogP contribution in [0, 0.1) is 6.92 Å². The molecule has 20 heavy (non-hydrogen) atoms. The molecule has 0 aliphatic carbocycles. The van der Waals surface area contributed by atoms with E-state index in [0.29, 0.717) is 12.5 Å². The van der Waals surface area contributed by atoms with Gasteiger partial charge in [0.2, 0.25) is 5.91 Å². The minimum absolute atomic E-state index is 0.0793. The maximum Gasteiger partial charge on any atom is 0.225 e. The Kier molecular flexibility index (Phi) is 5.01. The van der Waals surface area contributed by atoms with Crippen LogP contribution in [0.15, 0.2) is 18.2 Å². The molecule has 1 fully saturated rings. The molecule has 0 saturated carbocycles. The number of amides is 1. The SMILES string of the molecule is Cc1cc(N)ccc1NC(=O)CCN1CCCCC1C. The second-order valence-electron chi connectivity index (χ2n) is 5.75. The summed E-state index contributed by atoms with van der Waals surface area (Å²) in [5.74, 6) is 0.0793. The van der Waals surface area contributed by atoms with Crippen LogP contribution >= 0.6 is 0 Å². The van der Waals surface area contributed by atoms with E-state index in [2.05, 4.69) is 17.1 Å². The van der Waals surface area contributed by atoms with Gasteiger partial charge < -0.3 is 16.0 Å². The summed E-state index contributed by atoms with van der Waals surface area (Å²) in [6, 6.07) is 6.17. The van der Waals surface area contributed by atoms with Gasteiger partial charge in [-0.25, -0.2) is 0 Å². The Balaban J connectivity index is 1.83. The van der Waals surface area contributed by atoms with Gasteiger partial charge in [-0.15, -0.1) is 0 Å². The molecule has 1 unspecified atom stereocenters. The molecular weight excluding hydrogens is 250 g/mol. The summed E-state index contributed by atoms with van der Waals surface area (Å²) in [5.41, 5.74) is 8.30. The van der Waals surface area contributed by atoms with Gasteiger partial charge in [0.1, 0.15) is 0 Å². The fraction of sp³-hybridized carbons (Fsp3) is 0.562. The van der Waals surface area contributed by atoms with Gasteiger partial charge >= 0.3 is 0 Å². The normalized spacial score (nSPS) is 19.8. The first kappa shape index (κ1) is 14.9. The Morgan fingerprint density at radius 2 is 2.25 bits per heavy atom. The first-order valence-electron chi connectivity index (χ1n) is 7.46. The lowest BCUT2D eigenvalue weighted by Crippen LogP contribution is -2.39. The predicted octanol–water partition coefficient (Wildman–Crippen LogP) is 2.78. The van der Waals surface area contributed by atoms with Crippen molar-refractivity contribution in [2.45, 2.75) is 45.6 Å². The number of nitrogen functional groups attached to an aromatic ring is 1. The van der Waals surface area contributed by atoms with Crippen LogP contribution in [-0.2, 0) is 4.79 Å². The van der Waals surface area contributed by atoms with Crippen molar-refractivity contribution in [1.29, 1.82) is 0 Å². The largest absolute Gasteiger partial charge is 0.399 e. The molecule has 110 valence electrons. The summed E-state index contributed by atoms with van der Waals surface area (Å²) in [6.07, 6.45) is 4.37. The number of nitrogens with two attached hydrogens (primary N) is 1. The summed E-state index contributed by atoms with van der Waals surface area (Å²) in [6.45, 7) is 6.18. The molecule has 0 spiro atoms. The quantitative estimate of drug-likeness (QED) is 0.831. The van der Waals surface area contributed by atoms with E-state index in [1.165, 1.54) is 19.3 Å². The van der Waals surface area contributed by atoms with Crippen LogP contribution in [0.1, 0.15) is 38.2 Å². The number of rotatable bonds is 4. The van der Waals surface area contributed by atoms with Gasteiger partial charge in [0.05, 0.1) is 0 Å². The maximum absolute atomic E-state index is 12.0. The first-order valence-corrected chi connectivity index (χ1v) is 7.46. The highest BCUT2D eigenvalue weighted by Gasteiger charge is 2.18. The van der Waals surface area contributed by atoms with Crippen LogP contribution < -0.4 is 11.1 Å². The fourth-order valence-electron chi connectivity index (χ4n) is 2.77. The smallest absolute Gasteiger partial charge is 0.225 e. The van der Waals surface area contributed by atoms with Crippen molar-refractivity contribution in [2.75, 3.05) is 24.1 Å². The lowest BCUT2D eigenvalue weighted by Gasteiger charge is -2.33. The number of carbonyl (C=O) groups is 1. The number of nitrogens with one attached hydrogen (secondary N) is 1. The molecule has 1 aliphatic rings. The van der Waals surface area contributed by atoms with Crippen molar-refractivity contribution in [1.82, 2.24) is 4.90 Å². The lowest BCUT2D eigenvalue weighted by molar-refractivity contribution is -0.116. The molecule has 4 nitrogen and oxygen atoms in total. The number of hydrogen-bond acceptors (Lipinski definition) is 3. The van der Waals surface area contributed by atoms with Crippen molar-refractivity contribution >= 4 is 17.3 Å². The topological polar surface area (TPSA) is 58.4 Å². The highest BCUT2D eigenvalue weighted by Crippen LogP contribution is 2.19. The molecule has 0 bridgehead atoms. The Bertz CT molecular complexity index is 473. The Hall–Kier alpha value is -1.55. The number of anilines is 2. The molecule has 1 aromatic carbocycles. The summed E-state index contributed by atoms with van der Waals surface area (Å²) < 4.78 is 0. The van der Waals surface area contributed by atoms with Crippen LogP contribution in [0.2, 0.25) is 0 Å². The van der Waals surface area contributed by atoms with Gasteiger partial charge in [0, 0.05) is 30.4 Å². The molecule has 2 rings (SSSR count). The zero-order valence-electron chi connectivity index (χ0n) is 12.5. The minimum Gasteiger partial charge on any atom is -0.399 e. The lowest BCUT2D eigenvalue weighted by atomic mass is 10.0. The monoisotopic (exact) mass is 275 g/mol. The van der Waals surface area contributed by atoms with Crippen molar-refractivity contribution < 1.29 is 4.79 Å². The number of carbonyl (C=O) groups excluding carboxylic acids is 1. The Labute approximate surface area is 121 Å².